The van der Waals surface area contributed by atoms with E-state index in [9.17, 15) is 14.4 Å². The molecule has 1 amide bonds. The number of amides is 1. The molecule has 1 N–H and O–H groups in total. The molecule has 0 aliphatic heterocycles. The minimum absolute atomic E-state index is 0.0161. The Morgan fingerprint density at radius 3 is 2.62 bits per heavy atom. The maximum Gasteiger partial charge on any atom is 0.349 e. The molecule has 4 rings (SSSR count). The van der Waals surface area contributed by atoms with Gasteiger partial charge in [0, 0.05) is 17.9 Å². The van der Waals surface area contributed by atoms with E-state index in [0.717, 1.165) is 0 Å². The van der Waals surface area contributed by atoms with E-state index in [1.165, 1.54) is 25.0 Å². The molecule has 0 spiro atoms. The average Bonchev–Trinajstić information content (AvgIpc) is 2.82. The highest BCUT2D eigenvalue weighted by molar-refractivity contribution is 5.97. The lowest BCUT2D eigenvalue weighted by molar-refractivity contribution is 0.0946. The second kappa shape index (κ2) is 9.03. The predicted octanol–water partition coefficient (Wildman–Crippen LogP) is 2.09. The smallest absolute Gasteiger partial charge is 0.349 e. The van der Waals surface area contributed by atoms with E-state index in [2.05, 4.69) is 10.4 Å². The van der Waals surface area contributed by atoms with Crippen LogP contribution in [0.25, 0.3) is 21.7 Å². The Morgan fingerprint density at radius 1 is 1.09 bits per heavy atom. The van der Waals surface area contributed by atoms with E-state index < -0.39 is 11.5 Å². The van der Waals surface area contributed by atoms with Gasteiger partial charge in [0.1, 0.15) is 5.56 Å². The summed E-state index contributed by atoms with van der Waals surface area (Å²) in [5.41, 5.74) is -0.382. The Hall–Kier alpha value is -3.98. The van der Waals surface area contributed by atoms with Crippen molar-refractivity contribution in [2.45, 2.75) is 13.1 Å². The molecule has 0 aliphatic carbocycles. The fourth-order valence-corrected chi connectivity index (χ4v) is 3.46. The van der Waals surface area contributed by atoms with Crippen molar-refractivity contribution in [3.05, 3.63) is 80.6 Å². The van der Waals surface area contributed by atoms with Crippen molar-refractivity contribution >= 4 is 27.6 Å². The molecule has 0 saturated carbocycles. The van der Waals surface area contributed by atoms with Gasteiger partial charge in [0.2, 0.25) is 0 Å². The molecule has 32 heavy (non-hydrogen) atoms. The van der Waals surface area contributed by atoms with E-state index in [1.807, 2.05) is 0 Å². The lowest BCUT2D eigenvalue weighted by Gasteiger charge is -2.12. The molecule has 2 aromatic carbocycles. The molecule has 2 heterocycles. The highest BCUT2D eigenvalue weighted by Gasteiger charge is 2.17. The number of carbonyl (C=O) groups excluding carboxylic acids is 1. The van der Waals surface area contributed by atoms with Crippen LogP contribution in [0.5, 0.6) is 5.75 Å². The van der Waals surface area contributed by atoms with Crippen LogP contribution in [-0.2, 0) is 17.8 Å². The van der Waals surface area contributed by atoms with Gasteiger partial charge in [0.15, 0.2) is 11.3 Å². The molecule has 9 heteroatoms. The van der Waals surface area contributed by atoms with Crippen LogP contribution in [0.2, 0.25) is 0 Å². The fraction of sp³-hybridized carbons (Fsp3) is 0.217. The molecule has 0 saturated heterocycles. The molecule has 0 fully saturated rings. The molecule has 4 aromatic rings. The Morgan fingerprint density at radius 2 is 1.88 bits per heavy atom. The quantitative estimate of drug-likeness (QED) is 0.442. The molecule has 0 atom stereocenters. The first kappa shape index (κ1) is 21.3. The third-order valence-electron chi connectivity index (χ3n) is 5.06. The summed E-state index contributed by atoms with van der Waals surface area (Å²) in [4.78, 5) is 37.9. The van der Waals surface area contributed by atoms with Gasteiger partial charge in [-0.05, 0) is 18.2 Å². The summed E-state index contributed by atoms with van der Waals surface area (Å²) in [6.07, 6.45) is 0. The Bertz CT molecular complexity index is 1420. The molecule has 0 aliphatic rings. The molecular weight excluding hydrogens is 414 g/mol. The average molecular weight is 435 g/mol. The number of hydrogen-bond donors (Lipinski definition) is 1. The van der Waals surface area contributed by atoms with E-state index in [1.54, 1.807) is 42.5 Å². The van der Waals surface area contributed by atoms with E-state index >= 15 is 0 Å². The minimum atomic E-state index is -0.776. The van der Waals surface area contributed by atoms with Crippen molar-refractivity contribution in [2.75, 3.05) is 20.8 Å². The van der Waals surface area contributed by atoms with Crippen LogP contribution in [0.3, 0.4) is 0 Å². The topological polar surface area (TPSA) is 113 Å². The maximum atomic E-state index is 12.8. The van der Waals surface area contributed by atoms with Gasteiger partial charge in [0.05, 0.1) is 37.9 Å². The zero-order chi connectivity index (χ0) is 22.7. The third-order valence-corrected chi connectivity index (χ3v) is 5.06. The van der Waals surface area contributed by atoms with Crippen LogP contribution in [-0.4, -0.2) is 36.5 Å². The summed E-state index contributed by atoms with van der Waals surface area (Å²) in [5, 5.41) is 8.77. The zero-order valence-electron chi connectivity index (χ0n) is 17.6. The first-order valence-corrected chi connectivity index (χ1v) is 9.90. The number of ether oxygens (including phenoxy) is 2. The van der Waals surface area contributed by atoms with Crippen LogP contribution in [0.1, 0.15) is 16.1 Å². The Balaban J connectivity index is 1.66. The van der Waals surface area contributed by atoms with Crippen LogP contribution < -0.4 is 21.2 Å². The van der Waals surface area contributed by atoms with Gasteiger partial charge >= 0.3 is 5.63 Å². The van der Waals surface area contributed by atoms with Crippen molar-refractivity contribution in [1.29, 1.82) is 0 Å². The van der Waals surface area contributed by atoms with Crippen molar-refractivity contribution in [3.63, 3.8) is 0 Å². The fourth-order valence-electron chi connectivity index (χ4n) is 3.46. The molecule has 0 unspecified atom stereocenters. The van der Waals surface area contributed by atoms with Gasteiger partial charge < -0.3 is 19.2 Å². The normalized spacial score (nSPS) is 11.1. The van der Waals surface area contributed by atoms with Crippen LogP contribution >= 0.6 is 0 Å². The number of hydrogen-bond acceptors (Lipinski definition) is 7. The summed E-state index contributed by atoms with van der Waals surface area (Å²) in [6, 6.07) is 13.6. The molecule has 0 bridgehead atoms. The summed E-state index contributed by atoms with van der Waals surface area (Å²) in [7, 11) is 3.01. The molecule has 2 aromatic heterocycles. The minimum Gasteiger partial charge on any atom is -0.493 e. The second-order valence-corrected chi connectivity index (χ2v) is 7.02. The summed E-state index contributed by atoms with van der Waals surface area (Å²) in [5.74, 6) is -0.204. The largest absolute Gasteiger partial charge is 0.493 e. The van der Waals surface area contributed by atoms with Gasteiger partial charge in [-0.25, -0.2) is 9.48 Å². The number of benzene rings is 2. The number of para-hydroxylation sites is 1. The first-order chi connectivity index (χ1) is 15.5. The van der Waals surface area contributed by atoms with Crippen molar-refractivity contribution in [3.8, 4) is 5.75 Å². The van der Waals surface area contributed by atoms with Gasteiger partial charge in [-0.2, -0.15) is 5.10 Å². The van der Waals surface area contributed by atoms with Crippen LogP contribution in [0.4, 0.5) is 0 Å². The number of fused-ring (bicyclic) bond motifs is 2. The first-order valence-electron chi connectivity index (χ1n) is 9.90. The van der Waals surface area contributed by atoms with Crippen LogP contribution in [0, 0.1) is 0 Å². The molecular formula is C23H21N3O6. The predicted molar refractivity (Wildman–Crippen MR) is 118 cm³/mol. The number of methoxy groups -OCH3 is 2. The summed E-state index contributed by atoms with van der Waals surface area (Å²) in [6.45, 7) is 0.609. The summed E-state index contributed by atoms with van der Waals surface area (Å²) < 4.78 is 16.9. The number of rotatable bonds is 7. The second-order valence-electron chi connectivity index (χ2n) is 7.02. The van der Waals surface area contributed by atoms with Gasteiger partial charge in [0.25, 0.3) is 11.5 Å². The zero-order valence-corrected chi connectivity index (χ0v) is 17.6. The number of nitrogens with zero attached hydrogens (tertiary/aromatic N) is 2. The van der Waals surface area contributed by atoms with Gasteiger partial charge in [-0.1, -0.05) is 30.3 Å². The lowest BCUT2D eigenvalue weighted by atomic mass is 10.1. The monoisotopic (exact) mass is 435 g/mol. The Kier molecular flexibility index (Phi) is 6.00. The number of carbonyl (C=O) groups is 1. The van der Waals surface area contributed by atoms with E-state index in [4.69, 9.17) is 13.9 Å². The van der Waals surface area contributed by atoms with E-state index in [0.29, 0.717) is 34.2 Å². The highest BCUT2D eigenvalue weighted by atomic mass is 16.5. The van der Waals surface area contributed by atoms with Gasteiger partial charge in [-0.3, -0.25) is 9.59 Å². The SMILES string of the molecule is COCCn1nc(CNC(=O)c2cc3cccc(OC)c3oc2=O)c2ccccc2c1=O. The van der Waals surface area contributed by atoms with Crippen molar-refractivity contribution < 1.29 is 18.7 Å². The van der Waals surface area contributed by atoms with Crippen LogP contribution in [0.15, 0.2) is 62.5 Å². The standard InChI is InChI=1S/C23H21N3O6/c1-30-11-10-26-22(28)16-8-4-3-7-15(16)18(25-26)13-24-21(27)17-12-14-6-5-9-19(31-2)20(14)32-23(17)29/h3-9,12H,10-11,13H2,1-2H3,(H,24,27). The molecule has 164 valence electrons. The maximum absolute atomic E-state index is 12.8. The summed E-state index contributed by atoms with van der Waals surface area (Å²) >= 11 is 0. The molecule has 0 radical (unpaired) electrons. The Labute approximate surface area is 182 Å². The number of nitrogens with one attached hydrogen (secondary N) is 1. The molecule has 9 nitrogen and oxygen atoms in total. The third kappa shape index (κ3) is 3.97. The lowest BCUT2D eigenvalue weighted by Crippen LogP contribution is -2.31. The van der Waals surface area contributed by atoms with Gasteiger partial charge in [-0.15, -0.1) is 0 Å². The number of aromatic nitrogens is 2. The van der Waals surface area contributed by atoms with Crippen molar-refractivity contribution in [1.82, 2.24) is 15.1 Å². The highest BCUT2D eigenvalue weighted by Crippen LogP contribution is 2.24. The van der Waals surface area contributed by atoms with Crippen molar-refractivity contribution in [2.24, 2.45) is 0 Å². The van der Waals surface area contributed by atoms with E-state index in [-0.39, 0.29) is 29.8 Å².